The van der Waals surface area contributed by atoms with Crippen LogP contribution < -0.4 is 4.90 Å². The fourth-order valence-electron chi connectivity index (χ4n) is 2.14. The first kappa shape index (κ1) is 17.0. The molecule has 0 aliphatic heterocycles. The number of ether oxygens (including phenoxy) is 1. The topological polar surface area (TPSA) is 29.5 Å². The maximum atomic E-state index is 12.0. The Morgan fingerprint density at radius 3 is 2.50 bits per heavy atom. The van der Waals surface area contributed by atoms with Gasteiger partial charge in [0.15, 0.2) is 0 Å². The van der Waals surface area contributed by atoms with Gasteiger partial charge in [0, 0.05) is 19.2 Å². The SMILES string of the molecule is CCOCc1cccc(C(C)(C)C)c1N(C)C(=O)CCl. The number of carbonyl (C=O) groups is 1. The predicted molar refractivity (Wildman–Crippen MR) is 84.6 cm³/mol. The lowest BCUT2D eigenvalue weighted by atomic mass is 9.84. The number of rotatable bonds is 5. The van der Waals surface area contributed by atoms with Gasteiger partial charge in [-0.1, -0.05) is 39.0 Å². The molecule has 0 aromatic heterocycles. The van der Waals surface area contributed by atoms with Gasteiger partial charge in [0.05, 0.1) is 12.3 Å². The molecule has 0 saturated carbocycles. The fraction of sp³-hybridized carbons (Fsp3) is 0.562. The number of hydrogen-bond donors (Lipinski definition) is 0. The van der Waals surface area contributed by atoms with Gasteiger partial charge in [-0.15, -0.1) is 11.6 Å². The quantitative estimate of drug-likeness (QED) is 0.775. The molecule has 0 N–H and O–H groups in total. The van der Waals surface area contributed by atoms with Crippen LogP contribution >= 0.6 is 11.6 Å². The summed E-state index contributed by atoms with van der Waals surface area (Å²) in [5.41, 5.74) is 2.99. The summed E-state index contributed by atoms with van der Waals surface area (Å²) in [5, 5.41) is 0. The van der Waals surface area contributed by atoms with Gasteiger partial charge >= 0.3 is 0 Å². The van der Waals surface area contributed by atoms with E-state index < -0.39 is 0 Å². The molecule has 0 aliphatic carbocycles. The van der Waals surface area contributed by atoms with Crippen molar-refractivity contribution in [3.63, 3.8) is 0 Å². The zero-order valence-electron chi connectivity index (χ0n) is 13.0. The summed E-state index contributed by atoms with van der Waals surface area (Å²) in [4.78, 5) is 13.6. The van der Waals surface area contributed by atoms with E-state index in [4.69, 9.17) is 16.3 Å². The third-order valence-electron chi connectivity index (χ3n) is 3.21. The summed E-state index contributed by atoms with van der Waals surface area (Å²) in [6.45, 7) is 9.50. The fourth-order valence-corrected chi connectivity index (χ4v) is 2.31. The van der Waals surface area contributed by atoms with Gasteiger partial charge in [-0.25, -0.2) is 0 Å². The van der Waals surface area contributed by atoms with E-state index >= 15 is 0 Å². The number of para-hydroxylation sites is 1. The highest BCUT2D eigenvalue weighted by atomic mass is 35.5. The second-order valence-electron chi connectivity index (χ2n) is 5.79. The summed E-state index contributed by atoms with van der Waals surface area (Å²) < 4.78 is 5.52. The van der Waals surface area contributed by atoms with Gasteiger partial charge in [-0.2, -0.15) is 0 Å². The minimum atomic E-state index is -0.110. The van der Waals surface area contributed by atoms with Gasteiger partial charge in [0.1, 0.15) is 5.88 Å². The van der Waals surface area contributed by atoms with Crippen molar-refractivity contribution in [1.82, 2.24) is 0 Å². The highest BCUT2D eigenvalue weighted by Crippen LogP contribution is 2.34. The van der Waals surface area contributed by atoms with Gasteiger partial charge < -0.3 is 9.64 Å². The molecule has 0 aliphatic rings. The molecule has 0 saturated heterocycles. The first-order chi connectivity index (χ1) is 9.32. The summed E-state index contributed by atoms with van der Waals surface area (Å²) in [6.07, 6.45) is 0. The predicted octanol–water partition coefficient (Wildman–Crippen LogP) is 3.72. The maximum absolute atomic E-state index is 12.0. The number of benzene rings is 1. The molecular formula is C16H24ClNO2. The van der Waals surface area contributed by atoms with Crippen molar-refractivity contribution in [2.75, 3.05) is 24.4 Å². The lowest BCUT2D eigenvalue weighted by Gasteiger charge is -2.29. The van der Waals surface area contributed by atoms with Crippen molar-refractivity contribution in [3.8, 4) is 0 Å². The van der Waals surface area contributed by atoms with Crippen LogP contribution in [-0.2, 0) is 21.6 Å². The van der Waals surface area contributed by atoms with Crippen molar-refractivity contribution in [2.24, 2.45) is 0 Å². The normalized spacial score (nSPS) is 11.5. The summed E-state index contributed by atoms with van der Waals surface area (Å²) in [5.74, 6) is -0.135. The molecule has 4 heteroatoms. The Morgan fingerprint density at radius 1 is 1.35 bits per heavy atom. The molecule has 0 fully saturated rings. The van der Waals surface area contributed by atoms with E-state index in [1.807, 2.05) is 19.1 Å². The number of amides is 1. The third kappa shape index (κ3) is 3.97. The highest BCUT2D eigenvalue weighted by Gasteiger charge is 2.24. The van der Waals surface area contributed by atoms with E-state index in [0.717, 1.165) is 16.8 Å². The molecule has 0 spiro atoms. The minimum Gasteiger partial charge on any atom is -0.377 e. The number of halogens is 1. The number of alkyl halides is 1. The number of anilines is 1. The highest BCUT2D eigenvalue weighted by molar-refractivity contribution is 6.29. The Bertz CT molecular complexity index is 466. The molecule has 3 nitrogen and oxygen atoms in total. The van der Waals surface area contributed by atoms with Crippen LogP contribution in [-0.4, -0.2) is 25.4 Å². The third-order valence-corrected chi connectivity index (χ3v) is 3.44. The van der Waals surface area contributed by atoms with Crippen molar-refractivity contribution in [3.05, 3.63) is 29.3 Å². The average Bonchev–Trinajstić information content (AvgIpc) is 2.41. The average molecular weight is 298 g/mol. The Hall–Kier alpha value is -1.06. The summed E-state index contributed by atoms with van der Waals surface area (Å²) in [6, 6.07) is 6.07. The van der Waals surface area contributed by atoms with Crippen LogP contribution in [0.1, 0.15) is 38.8 Å². The number of carbonyl (C=O) groups excluding carboxylic acids is 1. The van der Waals surface area contributed by atoms with E-state index in [0.29, 0.717) is 13.2 Å². The van der Waals surface area contributed by atoms with Crippen LogP contribution in [0.2, 0.25) is 0 Å². The molecule has 1 amide bonds. The van der Waals surface area contributed by atoms with Gasteiger partial charge in [-0.05, 0) is 17.9 Å². The van der Waals surface area contributed by atoms with Crippen molar-refractivity contribution in [2.45, 2.75) is 39.7 Å². The molecule has 0 unspecified atom stereocenters. The van der Waals surface area contributed by atoms with Crippen LogP contribution in [0.15, 0.2) is 18.2 Å². The van der Waals surface area contributed by atoms with E-state index in [-0.39, 0.29) is 17.2 Å². The monoisotopic (exact) mass is 297 g/mol. The van der Waals surface area contributed by atoms with E-state index in [2.05, 4.69) is 26.8 Å². The van der Waals surface area contributed by atoms with Crippen LogP contribution in [0.5, 0.6) is 0 Å². The Balaban J connectivity index is 3.35. The molecule has 0 bridgehead atoms. The maximum Gasteiger partial charge on any atom is 0.241 e. The van der Waals surface area contributed by atoms with E-state index in [1.165, 1.54) is 0 Å². The van der Waals surface area contributed by atoms with Crippen molar-refractivity contribution >= 4 is 23.2 Å². The van der Waals surface area contributed by atoms with Crippen LogP contribution in [0.3, 0.4) is 0 Å². The van der Waals surface area contributed by atoms with Crippen molar-refractivity contribution < 1.29 is 9.53 Å². The first-order valence-corrected chi connectivity index (χ1v) is 7.39. The van der Waals surface area contributed by atoms with Gasteiger partial charge in [0.25, 0.3) is 0 Å². The Labute approximate surface area is 126 Å². The number of hydrogen-bond acceptors (Lipinski definition) is 2. The molecule has 112 valence electrons. The van der Waals surface area contributed by atoms with Crippen LogP contribution in [0, 0.1) is 0 Å². The Morgan fingerprint density at radius 2 is 2.00 bits per heavy atom. The zero-order chi connectivity index (χ0) is 15.3. The van der Waals surface area contributed by atoms with Gasteiger partial charge in [0.2, 0.25) is 5.91 Å². The van der Waals surface area contributed by atoms with Crippen molar-refractivity contribution in [1.29, 1.82) is 0 Å². The number of nitrogens with zero attached hydrogens (tertiary/aromatic N) is 1. The standard InChI is InChI=1S/C16H24ClNO2/c1-6-20-11-12-8-7-9-13(16(2,3)4)15(12)18(5)14(19)10-17/h7-9H,6,10-11H2,1-5H3. The lowest BCUT2D eigenvalue weighted by molar-refractivity contribution is -0.116. The molecule has 0 heterocycles. The van der Waals surface area contributed by atoms with Crippen LogP contribution in [0.25, 0.3) is 0 Å². The molecule has 1 aromatic rings. The second kappa shape index (κ2) is 7.09. The lowest BCUT2D eigenvalue weighted by Crippen LogP contribution is -2.31. The summed E-state index contributed by atoms with van der Waals surface area (Å²) >= 11 is 5.70. The van der Waals surface area contributed by atoms with E-state index in [1.54, 1.807) is 11.9 Å². The van der Waals surface area contributed by atoms with E-state index in [9.17, 15) is 4.79 Å². The first-order valence-electron chi connectivity index (χ1n) is 6.85. The largest absolute Gasteiger partial charge is 0.377 e. The smallest absolute Gasteiger partial charge is 0.241 e. The second-order valence-corrected chi connectivity index (χ2v) is 6.05. The molecule has 0 radical (unpaired) electrons. The Kier molecular flexibility index (Phi) is 6.03. The molecule has 1 rings (SSSR count). The van der Waals surface area contributed by atoms with Crippen LogP contribution in [0.4, 0.5) is 5.69 Å². The molecule has 20 heavy (non-hydrogen) atoms. The van der Waals surface area contributed by atoms with Gasteiger partial charge in [-0.3, -0.25) is 4.79 Å². The molecular weight excluding hydrogens is 274 g/mol. The minimum absolute atomic E-state index is 0.0247. The summed E-state index contributed by atoms with van der Waals surface area (Å²) in [7, 11) is 1.77. The molecule has 0 atom stereocenters. The zero-order valence-corrected chi connectivity index (χ0v) is 13.8. The molecule has 1 aromatic carbocycles.